The van der Waals surface area contributed by atoms with E-state index in [1.807, 2.05) is 43.3 Å². The topological polar surface area (TPSA) is 67.2 Å². The molecule has 1 aromatic heterocycles. The fraction of sp³-hybridized carbons (Fsp3) is 0.278. The van der Waals surface area contributed by atoms with Crippen LogP contribution >= 0.6 is 11.3 Å². The molecule has 1 aromatic carbocycles. The Hall–Kier alpha value is -2.45. The lowest BCUT2D eigenvalue weighted by molar-refractivity contribution is -0.120. The molecule has 0 saturated heterocycles. The van der Waals surface area contributed by atoms with Crippen LogP contribution in [-0.2, 0) is 11.2 Å². The van der Waals surface area contributed by atoms with E-state index in [1.54, 1.807) is 13.2 Å². The molecule has 118 valence electrons. The normalized spacial score (nSPS) is 11.5. The maximum atomic E-state index is 12.3. The van der Waals surface area contributed by atoms with Gasteiger partial charge < -0.3 is 4.74 Å². The first-order chi connectivity index (χ1) is 11.0. The van der Waals surface area contributed by atoms with Crippen molar-refractivity contribution in [2.45, 2.75) is 19.8 Å². The van der Waals surface area contributed by atoms with Gasteiger partial charge in [-0.05, 0) is 43.2 Å². The van der Waals surface area contributed by atoms with Crippen LogP contribution in [0.1, 0.15) is 26.5 Å². The fourth-order valence-corrected chi connectivity index (χ4v) is 3.06. The van der Waals surface area contributed by atoms with Crippen molar-refractivity contribution in [3.63, 3.8) is 0 Å². The molecule has 0 unspecified atom stereocenters. The van der Waals surface area contributed by atoms with Gasteiger partial charge in [-0.15, -0.1) is 11.3 Å². The number of rotatable bonds is 7. The molecule has 4 nitrogen and oxygen atoms in total. The van der Waals surface area contributed by atoms with Crippen LogP contribution in [0.4, 0.5) is 0 Å². The quantitative estimate of drug-likeness (QED) is 0.576. The highest BCUT2D eigenvalue weighted by molar-refractivity contribution is 7.14. The molecular formula is C18H17NO3S. The van der Waals surface area contributed by atoms with E-state index in [9.17, 15) is 14.9 Å². The van der Waals surface area contributed by atoms with Gasteiger partial charge in [0.1, 0.15) is 5.75 Å². The predicted molar refractivity (Wildman–Crippen MR) is 88.8 cm³/mol. The smallest absolute Gasteiger partial charge is 0.197 e. The summed E-state index contributed by atoms with van der Waals surface area (Å²) in [4.78, 5) is 26.0. The monoisotopic (exact) mass is 327 g/mol. The Balaban J connectivity index is 2.03. The molecule has 0 spiro atoms. The summed E-state index contributed by atoms with van der Waals surface area (Å²) in [5.41, 5.74) is 0.939. The number of carbonyl (C=O) groups is 2. The Labute approximate surface area is 139 Å². The first kappa shape index (κ1) is 16.9. The number of thiophene rings is 1. The second kappa shape index (κ2) is 7.70. The zero-order chi connectivity index (χ0) is 16.8. The average Bonchev–Trinajstić information content (AvgIpc) is 3.00. The van der Waals surface area contributed by atoms with Gasteiger partial charge >= 0.3 is 0 Å². The third-order valence-electron chi connectivity index (χ3n) is 3.49. The van der Waals surface area contributed by atoms with Crippen molar-refractivity contribution in [3.05, 3.63) is 51.7 Å². The minimum Gasteiger partial charge on any atom is -0.497 e. The lowest BCUT2D eigenvalue weighted by Gasteiger charge is -2.07. The Morgan fingerprint density at radius 1 is 1.30 bits per heavy atom. The first-order valence-corrected chi connectivity index (χ1v) is 8.02. The van der Waals surface area contributed by atoms with Gasteiger partial charge in [-0.3, -0.25) is 9.59 Å². The maximum Gasteiger partial charge on any atom is 0.197 e. The van der Waals surface area contributed by atoms with Crippen molar-refractivity contribution < 1.29 is 14.3 Å². The fourth-order valence-electron chi connectivity index (χ4n) is 2.23. The summed E-state index contributed by atoms with van der Waals surface area (Å²) in [6.07, 6.45) is 0.631. The van der Waals surface area contributed by atoms with Crippen LogP contribution in [-0.4, -0.2) is 18.7 Å². The van der Waals surface area contributed by atoms with Crippen molar-refractivity contribution in [3.8, 4) is 11.8 Å². The Morgan fingerprint density at radius 2 is 2.09 bits per heavy atom. The summed E-state index contributed by atoms with van der Waals surface area (Å²) >= 11 is 1.31. The van der Waals surface area contributed by atoms with E-state index in [-0.39, 0.29) is 12.2 Å². The molecule has 0 fully saturated rings. The van der Waals surface area contributed by atoms with E-state index in [0.29, 0.717) is 11.3 Å². The van der Waals surface area contributed by atoms with Gasteiger partial charge in [-0.1, -0.05) is 12.1 Å². The van der Waals surface area contributed by atoms with Crippen LogP contribution in [0.15, 0.2) is 36.4 Å². The minimum atomic E-state index is -1.22. The Morgan fingerprint density at radius 3 is 2.70 bits per heavy atom. The summed E-state index contributed by atoms with van der Waals surface area (Å²) in [7, 11) is 1.58. The van der Waals surface area contributed by atoms with E-state index in [1.165, 1.54) is 11.3 Å². The average molecular weight is 327 g/mol. The molecule has 0 aliphatic carbocycles. The number of carbonyl (C=O) groups excluding carboxylic acids is 2. The molecule has 1 atom stereocenters. The van der Waals surface area contributed by atoms with E-state index in [4.69, 9.17) is 4.74 Å². The van der Waals surface area contributed by atoms with Gasteiger partial charge in [0, 0.05) is 11.3 Å². The summed E-state index contributed by atoms with van der Waals surface area (Å²) in [6, 6.07) is 12.7. The third kappa shape index (κ3) is 4.27. The van der Waals surface area contributed by atoms with Crippen LogP contribution in [0.5, 0.6) is 5.75 Å². The molecule has 0 N–H and O–H groups in total. The number of ketones is 2. The Bertz CT molecular complexity index is 758. The first-order valence-electron chi connectivity index (χ1n) is 7.21. The van der Waals surface area contributed by atoms with Crippen LogP contribution in [0, 0.1) is 24.2 Å². The summed E-state index contributed by atoms with van der Waals surface area (Å²) in [5, 5.41) is 9.21. The zero-order valence-electron chi connectivity index (χ0n) is 13.0. The van der Waals surface area contributed by atoms with Gasteiger partial charge in [0.05, 0.1) is 18.1 Å². The molecule has 2 rings (SSSR count). The lowest BCUT2D eigenvalue weighted by Crippen LogP contribution is -2.22. The number of nitrogens with zero attached hydrogens (tertiary/aromatic N) is 1. The molecule has 0 aliphatic rings. The number of hydrogen-bond acceptors (Lipinski definition) is 5. The van der Waals surface area contributed by atoms with Crippen LogP contribution < -0.4 is 4.74 Å². The van der Waals surface area contributed by atoms with Crippen LogP contribution in [0.25, 0.3) is 0 Å². The number of methoxy groups -OCH3 is 1. The Kier molecular flexibility index (Phi) is 5.67. The summed E-state index contributed by atoms with van der Waals surface area (Å²) in [5.74, 6) is -1.25. The second-order valence-corrected chi connectivity index (χ2v) is 6.44. The molecule has 2 aromatic rings. The molecule has 0 radical (unpaired) electrons. The zero-order valence-corrected chi connectivity index (χ0v) is 13.9. The molecule has 1 heterocycles. The van der Waals surface area contributed by atoms with E-state index < -0.39 is 11.7 Å². The number of Topliss-reactive ketones (excluding diaryl/α,β-unsaturated/α-hetero) is 2. The van der Waals surface area contributed by atoms with Crippen molar-refractivity contribution in [2.24, 2.45) is 5.92 Å². The minimum absolute atomic E-state index is 0.154. The standard InChI is InChI=1S/C18H17NO3S/c1-12-6-9-17(23-12)18(21)15(11-19)16(20)8-7-13-4-3-5-14(10-13)22-2/h3-6,9-10,15H,7-8H2,1-2H3/t15-/m0/s1. The van der Waals surface area contributed by atoms with Crippen LogP contribution in [0.2, 0.25) is 0 Å². The second-order valence-electron chi connectivity index (χ2n) is 5.15. The third-order valence-corrected chi connectivity index (χ3v) is 4.51. The van der Waals surface area contributed by atoms with E-state index in [0.717, 1.165) is 16.2 Å². The van der Waals surface area contributed by atoms with Crippen molar-refractivity contribution in [1.29, 1.82) is 5.26 Å². The van der Waals surface area contributed by atoms with E-state index >= 15 is 0 Å². The number of hydrogen-bond donors (Lipinski definition) is 0. The highest BCUT2D eigenvalue weighted by Crippen LogP contribution is 2.21. The van der Waals surface area contributed by atoms with E-state index in [2.05, 4.69) is 0 Å². The number of ether oxygens (including phenoxy) is 1. The van der Waals surface area contributed by atoms with Gasteiger partial charge in [-0.2, -0.15) is 5.26 Å². The van der Waals surface area contributed by atoms with Crippen molar-refractivity contribution in [2.75, 3.05) is 7.11 Å². The highest BCUT2D eigenvalue weighted by Gasteiger charge is 2.27. The molecule has 0 aliphatic heterocycles. The summed E-state index contributed by atoms with van der Waals surface area (Å²) < 4.78 is 5.14. The van der Waals surface area contributed by atoms with Gasteiger partial charge in [0.2, 0.25) is 0 Å². The molecule has 0 saturated carbocycles. The lowest BCUT2D eigenvalue weighted by atomic mass is 9.94. The van der Waals surface area contributed by atoms with Crippen molar-refractivity contribution >= 4 is 22.9 Å². The van der Waals surface area contributed by atoms with Gasteiger partial charge in [-0.25, -0.2) is 0 Å². The molecule has 23 heavy (non-hydrogen) atoms. The maximum absolute atomic E-state index is 12.3. The van der Waals surface area contributed by atoms with Gasteiger partial charge in [0.15, 0.2) is 17.5 Å². The molecule has 0 amide bonds. The van der Waals surface area contributed by atoms with Gasteiger partial charge in [0.25, 0.3) is 0 Å². The number of benzene rings is 1. The SMILES string of the molecule is COc1cccc(CCC(=O)[C@H](C#N)C(=O)c2ccc(C)s2)c1. The largest absolute Gasteiger partial charge is 0.497 e. The number of aryl methyl sites for hydroxylation is 2. The van der Waals surface area contributed by atoms with Crippen LogP contribution in [0.3, 0.4) is 0 Å². The summed E-state index contributed by atoms with van der Waals surface area (Å²) in [6.45, 7) is 1.88. The molecule has 5 heteroatoms. The van der Waals surface area contributed by atoms with Crippen molar-refractivity contribution in [1.82, 2.24) is 0 Å². The number of nitriles is 1. The predicted octanol–water partition coefficient (Wildman–Crippen LogP) is 3.59. The highest BCUT2D eigenvalue weighted by atomic mass is 32.1. The molecule has 0 bridgehead atoms. The molecular weight excluding hydrogens is 310 g/mol.